The molecule has 1 heterocycles. The maximum absolute atomic E-state index is 12.8. The van der Waals surface area contributed by atoms with Crippen LogP contribution >= 0.6 is 0 Å². The number of halogens is 3. The van der Waals surface area contributed by atoms with Gasteiger partial charge in [-0.1, -0.05) is 0 Å². The average molecular weight is 367 g/mol. The number of piperidine rings is 1. The molecule has 1 aromatic rings. The first-order chi connectivity index (χ1) is 10.9. The Bertz CT molecular complexity index is 752. The van der Waals surface area contributed by atoms with Crippen LogP contribution in [0.15, 0.2) is 23.1 Å². The van der Waals surface area contributed by atoms with Crippen molar-refractivity contribution in [3.8, 4) is 0 Å². The van der Waals surface area contributed by atoms with Gasteiger partial charge < -0.3 is 10.2 Å². The fourth-order valence-electron chi connectivity index (χ4n) is 2.57. The van der Waals surface area contributed by atoms with Crippen LogP contribution in [0.5, 0.6) is 0 Å². The minimum Gasteiger partial charge on any atom is -0.478 e. The van der Waals surface area contributed by atoms with Crippen LogP contribution in [0.2, 0.25) is 0 Å². The number of sulfonamides is 1. The molecule has 1 fully saturated rings. The average Bonchev–Trinajstić information content (AvgIpc) is 2.46. The van der Waals surface area contributed by atoms with Gasteiger partial charge in [-0.25, -0.2) is 13.2 Å². The number of hydrogen-bond acceptors (Lipinski definition) is 4. The molecule has 2 N–H and O–H groups in total. The monoisotopic (exact) mass is 367 g/mol. The third-order valence-electron chi connectivity index (χ3n) is 4.14. The van der Waals surface area contributed by atoms with Crippen molar-refractivity contribution in [1.82, 2.24) is 4.31 Å². The molecule has 0 spiro atoms. The molecular formula is C14H16F3NO5S. The van der Waals surface area contributed by atoms with E-state index in [0.29, 0.717) is 0 Å². The second-order valence-electron chi connectivity index (χ2n) is 5.72. The van der Waals surface area contributed by atoms with Crippen LogP contribution in [0.3, 0.4) is 0 Å². The van der Waals surface area contributed by atoms with E-state index in [-0.39, 0.29) is 16.0 Å². The number of carbonyl (C=O) groups is 1. The summed E-state index contributed by atoms with van der Waals surface area (Å²) in [6, 6.07) is 3.42. The summed E-state index contributed by atoms with van der Waals surface area (Å²) < 4.78 is 64.2. The molecule has 0 radical (unpaired) electrons. The summed E-state index contributed by atoms with van der Waals surface area (Å²) >= 11 is 0. The van der Waals surface area contributed by atoms with Gasteiger partial charge in [0.1, 0.15) is 0 Å². The first-order valence-corrected chi connectivity index (χ1v) is 8.46. The molecule has 0 aromatic heterocycles. The molecule has 0 saturated carbocycles. The Hall–Kier alpha value is -1.65. The van der Waals surface area contributed by atoms with Crippen LogP contribution in [0.4, 0.5) is 13.2 Å². The fraction of sp³-hybridized carbons (Fsp3) is 0.500. The number of carboxylic acid groups (broad SMARTS) is 1. The molecule has 0 unspecified atom stereocenters. The van der Waals surface area contributed by atoms with Gasteiger partial charge in [0.2, 0.25) is 10.0 Å². The Labute approximate surface area is 136 Å². The molecule has 1 aliphatic rings. The summed E-state index contributed by atoms with van der Waals surface area (Å²) in [6.45, 7) is 0.483. The maximum atomic E-state index is 12.8. The zero-order chi connectivity index (χ0) is 18.3. The van der Waals surface area contributed by atoms with E-state index in [9.17, 15) is 31.5 Å². The van der Waals surface area contributed by atoms with Crippen LogP contribution in [0.1, 0.15) is 28.8 Å². The number of benzene rings is 1. The fourth-order valence-corrected chi connectivity index (χ4v) is 4.09. The summed E-state index contributed by atoms with van der Waals surface area (Å²) in [5, 5.41) is 18.5. The van der Waals surface area contributed by atoms with Gasteiger partial charge in [0.25, 0.3) is 0 Å². The van der Waals surface area contributed by atoms with E-state index in [0.717, 1.165) is 16.4 Å². The minimum atomic E-state index is -4.82. The van der Waals surface area contributed by atoms with E-state index >= 15 is 0 Å². The molecule has 0 atom stereocenters. The van der Waals surface area contributed by atoms with E-state index in [4.69, 9.17) is 5.11 Å². The highest BCUT2D eigenvalue weighted by atomic mass is 32.2. The normalized spacial score (nSPS) is 19.2. The molecule has 10 heteroatoms. The molecule has 0 aliphatic carbocycles. The Morgan fingerprint density at radius 2 is 1.79 bits per heavy atom. The molecule has 1 saturated heterocycles. The highest BCUT2D eigenvalue weighted by molar-refractivity contribution is 7.89. The number of alkyl halides is 3. The predicted octanol–water partition coefficient (Wildman–Crippen LogP) is 1.77. The molecule has 6 nitrogen and oxygen atoms in total. The van der Waals surface area contributed by atoms with Gasteiger partial charge in [0.15, 0.2) is 5.60 Å². The topological polar surface area (TPSA) is 94.9 Å². The lowest BCUT2D eigenvalue weighted by Crippen LogP contribution is -2.54. The maximum Gasteiger partial charge on any atom is 0.417 e. The third kappa shape index (κ3) is 3.26. The number of nitrogens with zero attached hydrogens (tertiary/aromatic N) is 1. The minimum absolute atomic E-state index is 0.0564. The number of rotatable bonds is 3. The quantitative estimate of drug-likeness (QED) is 0.849. The number of aryl methyl sites for hydroxylation is 1. The van der Waals surface area contributed by atoms with E-state index in [2.05, 4.69) is 0 Å². The van der Waals surface area contributed by atoms with Crippen LogP contribution in [0, 0.1) is 6.92 Å². The first kappa shape index (κ1) is 18.7. The van der Waals surface area contributed by atoms with Crippen LogP contribution in [-0.4, -0.2) is 53.8 Å². The predicted molar refractivity (Wildman–Crippen MR) is 77.1 cm³/mol. The van der Waals surface area contributed by atoms with Crippen molar-refractivity contribution < 1.29 is 36.6 Å². The van der Waals surface area contributed by atoms with Gasteiger partial charge in [-0.3, -0.25) is 0 Å². The van der Waals surface area contributed by atoms with Crippen LogP contribution in [0.25, 0.3) is 0 Å². The van der Waals surface area contributed by atoms with Crippen molar-refractivity contribution in [1.29, 1.82) is 0 Å². The van der Waals surface area contributed by atoms with Gasteiger partial charge >= 0.3 is 12.1 Å². The molecule has 0 amide bonds. The first-order valence-electron chi connectivity index (χ1n) is 7.02. The Balaban J connectivity index is 2.24. The summed E-state index contributed by atoms with van der Waals surface area (Å²) in [5.74, 6) is -1.20. The molecule has 24 heavy (non-hydrogen) atoms. The molecular weight excluding hydrogens is 351 g/mol. The van der Waals surface area contributed by atoms with Gasteiger partial charge in [-0.15, -0.1) is 0 Å². The molecule has 1 aromatic carbocycles. The zero-order valence-corrected chi connectivity index (χ0v) is 13.5. The van der Waals surface area contributed by atoms with Gasteiger partial charge in [-0.05, 0) is 43.5 Å². The van der Waals surface area contributed by atoms with Crippen molar-refractivity contribution >= 4 is 16.0 Å². The summed E-state index contributed by atoms with van der Waals surface area (Å²) in [4.78, 5) is 10.8. The van der Waals surface area contributed by atoms with E-state index in [1.54, 1.807) is 0 Å². The lowest BCUT2D eigenvalue weighted by atomic mass is 9.92. The van der Waals surface area contributed by atoms with Crippen molar-refractivity contribution in [2.75, 3.05) is 13.1 Å². The molecule has 0 bridgehead atoms. The van der Waals surface area contributed by atoms with Gasteiger partial charge in [-0.2, -0.15) is 17.5 Å². The van der Waals surface area contributed by atoms with Crippen molar-refractivity contribution in [3.63, 3.8) is 0 Å². The van der Waals surface area contributed by atoms with Gasteiger partial charge in [0.05, 0.1) is 10.5 Å². The van der Waals surface area contributed by atoms with Crippen LogP contribution in [-0.2, 0) is 10.0 Å². The molecule has 2 rings (SSSR count). The number of aliphatic hydroxyl groups is 1. The lowest BCUT2D eigenvalue weighted by molar-refractivity contribution is -0.270. The summed E-state index contributed by atoms with van der Waals surface area (Å²) in [5.41, 5.74) is -2.71. The number of carboxylic acids is 1. The van der Waals surface area contributed by atoms with Crippen molar-refractivity contribution in [2.24, 2.45) is 0 Å². The Morgan fingerprint density at radius 1 is 1.25 bits per heavy atom. The van der Waals surface area contributed by atoms with Gasteiger partial charge in [0, 0.05) is 13.1 Å². The van der Waals surface area contributed by atoms with Crippen LogP contribution < -0.4 is 0 Å². The third-order valence-corrected chi connectivity index (χ3v) is 6.04. The molecule has 134 valence electrons. The van der Waals surface area contributed by atoms with E-state index in [1.165, 1.54) is 13.0 Å². The number of aromatic carboxylic acids is 1. The lowest BCUT2D eigenvalue weighted by Gasteiger charge is -2.38. The van der Waals surface area contributed by atoms with Crippen molar-refractivity contribution in [2.45, 2.75) is 36.4 Å². The standard InChI is InChI=1S/C14H16F3NO5S/c1-9-8-10(2-3-11(9)12(19)20)24(22,23)18-6-4-13(21,5-7-18)14(15,16)17/h2-3,8,21H,4-7H2,1H3,(H,19,20). The van der Waals surface area contributed by atoms with E-state index in [1.807, 2.05) is 0 Å². The SMILES string of the molecule is Cc1cc(S(=O)(=O)N2CCC(O)(C(F)(F)F)CC2)ccc1C(=O)O. The number of hydrogen-bond donors (Lipinski definition) is 2. The highest BCUT2D eigenvalue weighted by Crippen LogP contribution is 2.39. The summed E-state index contributed by atoms with van der Waals surface area (Å²) in [6.07, 6.45) is -6.31. The Kier molecular flexibility index (Phi) is 4.68. The zero-order valence-electron chi connectivity index (χ0n) is 12.7. The van der Waals surface area contributed by atoms with Crippen molar-refractivity contribution in [3.05, 3.63) is 29.3 Å². The second kappa shape index (κ2) is 6.01. The smallest absolute Gasteiger partial charge is 0.417 e. The highest BCUT2D eigenvalue weighted by Gasteiger charge is 2.55. The molecule has 1 aliphatic heterocycles. The summed E-state index contributed by atoms with van der Waals surface area (Å²) in [7, 11) is -4.06. The largest absolute Gasteiger partial charge is 0.478 e. The Morgan fingerprint density at radius 3 is 2.21 bits per heavy atom. The van der Waals surface area contributed by atoms with E-state index < -0.39 is 53.7 Å². The second-order valence-corrected chi connectivity index (χ2v) is 7.65.